The lowest BCUT2D eigenvalue weighted by atomic mass is 10.1. The van der Waals surface area contributed by atoms with Gasteiger partial charge in [0.1, 0.15) is 0 Å². The number of anilines is 4. The van der Waals surface area contributed by atoms with Crippen molar-refractivity contribution >= 4 is 88.9 Å². The molecule has 11 rings (SSSR count). The van der Waals surface area contributed by atoms with Gasteiger partial charge in [0.05, 0.1) is 68.5 Å². The fraction of sp³-hybridized carbons (Fsp3) is 0.188. The summed E-state index contributed by atoms with van der Waals surface area (Å²) in [5.41, 5.74) is 14.4. The summed E-state index contributed by atoms with van der Waals surface area (Å²) in [4.78, 5) is 24.4. The van der Waals surface area contributed by atoms with Crippen LogP contribution in [0.4, 0.5) is 22.3 Å². The highest BCUT2D eigenvalue weighted by atomic mass is 32.1. The maximum absolute atomic E-state index is 5.12. The van der Waals surface area contributed by atoms with Crippen LogP contribution in [0.15, 0.2) is 122 Å². The zero-order chi connectivity index (χ0) is 43.6. The van der Waals surface area contributed by atoms with Gasteiger partial charge in [-0.15, -0.1) is 11.3 Å². The monoisotopic (exact) mass is 865 g/mol. The fourth-order valence-electron chi connectivity index (χ4n) is 8.07. The van der Waals surface area contributed by atoms with Crippen LogP contribution in [0.5, 0.6) is 0 Å². The largest absolute Gasteiger partial charge is 0.337 e. The number of nitrogens with zero attached hydrogens (tertiary/aromatic N) is 10. The molecule has 64 heavy (non-hydrogen) atoms. The first-order valence-electron chi connectivity index (χ1n) is 21.5. The lowest BCUT2D eigenvalue weighted by molar-refractivity contribution is 0.736. The van der Waals surface area contributed by atoms with Gasteiger partial charge in [0, 0.05) is 67.1 Å². The predicted molar refractivity (Wildman–Crippen MR) is 261 cm³/mol. The van der Waals surface area contributed by atoms with Crippen LogP contribution in [0, 0.1) is 0 Å². The van der Waals surface area contributed by atoms with E-state index in [-0.39, 0.29) is 0 Å². The van der Waals surface area contributed by atoms with Crippen molar-refractivity contribution in [3.05, 3.63) is 134 Å². The first-order valence-corrected chi connectivity index (χ1v) is 22.3. The molecular weight excluding hydrogens is 819 g/mol. The number of nitrogens with one attached hydrogen (secondary N) is 5. The molecule has 9 heterocycles. The molecule has 0 unspecified atom stereocenters. The van der Waals surface area contributed by atoms with E-state index in [0.717, 1.165) is 121 Å². The summed E-state index contributed by atoms with van der Waals surface area (Å²) in [6, 6.07) is 18.6. The molecule has 320 valence electrons. The van der Waals surface area contributed by atoms with Crippen LogP contribution in [0.3, 0.4) is 0 Å². The van der Waals surface area contributed by atoms with E-state index in [0.29, 0.717) is 22.9 Å². The SMILES string of the molecule is C=C(/C=N\NC)c1cnc2c(Nc3cc4cccc(-n5cc(-c6cnc7c(Nc8ccc9ncccc9c8)nc(C8=CCCNC8)cn67)cn5)c4s3)nc(C3=CCCNC3)cn12.CC. The summed E-state index contributed by atoms with van der Waals surface area (Å²) in [6.07, 6.45) is 21.7. The van der Waals surface area contributed by atoms with E-state index < -0.39 is 0 Å². The average molecular weight is 866 g/mol. The van der Waals surface area contributed by atoms with Gasteiger partial charge < -0.3 is 26.7 Å². The molecule has 7 aromatic heterocycles. The second kappa shape index (κ2) is 17.7. The summed E-state index contributed by atoms with van der Waals surface area (Å²) >= 11 is 1.65. The van der Waals surface area contributed by atoms with E-state index in [1.807, 2.05) is 72.1 Å². The zero-order valence-electron chi connectivity index (χ0n) is 35.8. The highest BCUT2D eigenvalue weighted by molar-refractivity contribution is 7.23. The Morgan fingerprint density at radius 1 is 0.797 bits per heavy atom. The third-order valence-corrected chi connectivity index (χ3v) is 12.2. The molecule has 9 aromatic rings. The number of aromatic nitrogens is 9. The molecule has 0 bridgehead atoms. The van der Waals surface area contributed by atoms with Crippen LogP contribution in [-0.4, -0.2) is 82.9 Å². The molecule has 0 spiro atoms. The highest BCUT2D eigenvalue weighted by Crippen LogP contribution is 2.37. The zero-order valence-corrected chi connectivity index (χ0v) is 36.6. The van der Waals surface area contributed by atoms with Gasteiger partial charge in [0.2, 0.25) is 0 Å². The molecule has 15 nitrogen and oxygen atoms in total. The fourth-order valence-corrected chi connectivity index (χ4v) is 9.14. The van der Waals surface area contributed by atoms with Crippen LogP contribution < -0.4 is 26.7 Å². The molecule has 0 aliphatic carbocycles. The Bertz CT molecular complexity index is 3290. The molecule has 2 aliphatic heterocycles. The van der Waals surface area contributed by atoms with Gasteiger partial charge in [-0.2, -0.15) is 10.2 Å². The molecular formula is C48H47N15S. The van der Waals surface area contributed by atoms with Crippen molar-refractivity contribution in [2.75, 3.05) is 43.9 Å². The van der Waals surface area contributed by atoms with Gasteiger partial charge in [0.25, 0.3) is 0 Å². The number of hydrogen-bond acceptors (Lipinski definition) is 13. The molecule has 0 saturated heterocycles. The van der Waals surface area contributed by atoms with Crippen LogP contribution in [-0.2, 0) is 0 Å². The summed E-state index contributed by atoms with van der Waals surface area (Å²) in [5.74, 6) is 1.32. The minimum atomic E-state index is 0.654. The van der Waals surface area contributed by atoms with Crippen molar-refractivity contribution in [2.45, 2.75) is 26.7 Å². The van der Waals surface area contributed by atoms with Gasteiger partial charge >= 0.3 is 0 Å². The number of benzene rings is 2. The summed E-state index contributed by atoms with van der Waals surface area (Å²) < 4.78 is 7.17. The van der Waals surface area contributed by atoms with Crippen molar-refractivity contribution in [1.82, 2.24) is 59.6 Å². The number of allylic oxidation sites excluding steroid dienone is 1. The number of hydrogen-bond donors (Lipinski definition) is 5. The Morgan fingerprint density at radius 3 is 2.30 bits per heavy atom. The lowest BCUT2D eigenvalue weighted by Gasteiger charge is -2.16. The van der Waals surface area contributed by atoms with Crippen molar-refractivity contribution in [3.63, 3.8) is 0 Å². The molecule has 0 fully saturated rings. The number of imidazole rings is 2. The van der Waals surface area contributed by atoms with Gasteiger partial charge in [-0.25, -0.2) is 24.6 Å². The van der Waals surface area contributed by atoms with E-state index in [9.17, 15) is 0 Å². The Hall–Kier alpha value is -7.53. The minimum absolute atomic E-state index is 0.654. The van der Waals surface area contributed by atoms with Gasteiger partial charge in [-0.3, -0.25) is 13.8 Å². The van der Waals surface area contributed by atoms with E-state index in [4.69, 9.17) is 25.0 Å². The normalized spacial score (nSPS) is 14.2. The van der Waals surface area contributed by atoms with Crippen molar-refractivity contribution < 1.29 is 0 Å². The van der Waals surface area contributed by atoms with Crippen LogP contribution >= 0.6 is 11.3 Å². The number of fused-ring (bicyclic) bond motifs is 4. The molecule has 0 saturated carbocycles. The predicted octanol–water partition coefficient (Wildman–Crippen LogP) is 8.87. The lowest BCUT2D eigenvalue weighted by Crippen LogP contribution is -2.22. The molecule has 5 N–H and O–H groups in total. The Kier molecular flexibility index (Phi) is 11.2. The highest BCUT2D eigenvalue weighted by Gasteiger charge is 2.20. The Morgan fingerprint density at radius 2 is 1.53 bits per heavy atom. The molecule has 0 atom stereocenters. The molecule has 0 amide bonds. The summed E-state index contributed by atoms with van der Waals surface area (Å²) in [6.45, 7) is 11.6. The van der Waals surface area contributed by atoms with E-state index in [2.05, 4.69) is 109 Å². The Balaban J connectivity index is 0.00000239. The number of hydrazone groups is 1. The van der Waals surface area contributed by atoms with E-state index in [1.165, 1.54) is 0 Å². The van der Waals surface area contributed by atoms with Crippen molar-refractivity contribution in [1.29, 1.82) is 0 Å². The van der Waals surface area contributed by atoms with Crippen molar-refractivity contribution in [3.8, 4) is 16.9 Å². The molecule has 2 aromatic carbocycles. The number of rotatable bonds is 11. The Labute approximate surface area is 373 Å². The number of thiophene rings is 1. The van der Waals surface area contributed by atoms with Crippen LogP contribution in [0.1, 0.15) is 43.8 Å². The second-order valence-electron chi connectivity index (χ2n) is 15.2. The first kappa shape index (κ1) is 40.5. The van der Waals surface area contributed by atoms with Crippen LogP contribution in [0.2, 0.25) is 0 Å². The maximum Gasteiger partial charge on any atom is 0.181 e. The standard InChI is InChI=1S/C46H41N15S.C2H6/c1-28(19-53-47-2)39-23-51-46-44(57-36(26-59(39)46)31-9-4-14-48-20-31)58-41-18-30-7-3-11-38(42(30)62-41)61-25-33(22-54-61)40-24-52-45-43(55-34-12-13-35-29(17-34)8-6-16-50-35)56-37(27-60(40)45)32-10-5-15-49-21-32;1-2/h3,6-13,16-19,22-27,47-49H,1,4-5,14-15,20-21H2,2H3,(H,55,56)(H,57,58);1-2H3/b53-19-;. The van der Waals surface area contributed by atoms with E-state index in [1.54, 1.807) is 24.6 Å². The first-order chi connectivity index (χ1) is 31.6. The van der Waals surface area contributed by atoms with Gasteiger partial charge in [0.15, 0.2) is 22.9 Å². The second-order valence-corrected chi connectivity index (χ2v) is 16.2. The smallest absolute Gasteiger partial charge is 0.181 e. The third-order valence-electron chi connectivity index (χ3n) is 11.1. The quantitative estimate of drug-likeness (QED) is 0.0624. The number of pyridine rings is 1. The average Bonchev–Trinajstić information content (AvgIpc) is 4.18. The van der Waals surface area contributed by atoms with Crippen molar-refractivity contribution in [2.24, 2.45) is 5.10 Å². The molecule has 16 heteroatoms. The van der Waals surface area contributed by atoms with E-state index >= 15 is 0 Å². The third kappa shape index (κ3) is 7.78. The maximum atomic E-state index is 5.12. The van der Waals surface area contributed by atoms with Gasteiger partial charge in [-0.05, 0) is 78.9 Å². The summed E-state index contributed by atoms with van der Waals surface area (Å²) in [5, 5.41) is 26.3. The van der Waals surface area contributed by atoms with Gasteiger partial charge in [-0.1, -0.05) is 50.8 Å². The van der Waals surface area contributed by atoms with Crippen LogP contribution in [0.25, 0.3) is 65.9 Å². The minimum Gasteiger partial charge on any atom is -0.337 e. The summed E-state index contributed by atoms with van der Waals surface area (Å²) in [7, 11) is 1.76. The molecule has 2 aliphatic rings. The molecule has 0 radical (unpaired) electrons. The topological polar surface area (TPSA) is 164 Å².